The van der Waals surface area contributed by atoms with Crippen molar-refractivity contribution in [3.8, 4) is 0 Å². The van der Waals surface area contributed by atoms with Gasteiger partial charge in [0.15, 0.2) is 0 Å². The number of likely N-dealkylation sites (tertiary alicyclic amines) is 1. The molecule has 4 atom stereocenters. The van der Waals surface area contributed by atoms with Crippen LogP contribution in [0.2, 0.25) is 0 Å². The second-order valence-electron chi connectivity index (χ2n) is 7.46. The highest BCUT2D eigenvalue weighted by Gasteiger charge is 2.72. The van der Waals surface area contributed by atoms with Crippen LogP contribution in [0.3, 0.4) is 0 Å². The summed E-state index contributed by atoms with van der Waals surface area (Å²) in [6.07, 6.45) is 5.05. The van der Waals surface area contributed by atoms with E-state index in [0.29, 0.717) is 6.61 Å². The van der Waals surface area contributed by atoms with Gasteiger partial charge in [-0.3, -0.25) is 4.79 Å². The first-order valence-electron chi connectivity index (χ1n) is 8.27. The Bertz CT molecular complexity index is 426. The summed E-state index contributed by atoms with van der Waals surface area (Å²) < 4.78 is 5.78. The number of hydrogen-bond acceptors (Lipinski definition) is 4. The summed E-state index contributed by atoms with van der Waals surface area (Å²) in [5, 5.41) is 9.65. The normalized spacial score (nSPS) is 42.1. The molecule has 5 nitrogen and oxygen atoms in total. The molecule has 0 spiro atoms. The second-order valence-corrected chi connectivity index (χ2v) is 7.46. The molecule has 0 aromatic rings. The third-order valence-corrected chi connectivity index (χ3v) is 6.16. The van der Waals surface area contributed by atoms with Crippen LogP contribution in [0.25, 0.3) is 0 Å². The number of amides is 1. The van der Waals surface area contributed by atoms with Gasteiger partial charge in [0, 0.05) is 24.5 Å². The van der Waals surface area contributed by atoms with Crippen LogP contribution in [0, 0.1) is 11.3 Å². The molecule has 0 radical (unpaired) electrons. The van der Waals surface area contributed by atoms with Crippen molar-refractivity contribution in [2.45, 2.75) is 63.6 Å². The third-order valence-electron chi connectivity index (χ3n) is 6.16. The fourth-order valence-electron chi connectivity index (χ4n) is 4.69. The van der Waals surface area contributed by atoms with Crippen molar-refractivity contribution in [2.75, 3.05) is 19.8 Å². The van der Waals surface area contributed by atoms with Gasteiger partial charge in [0.05, 0.1) is 18.8 Å². The van der Waals surface area contributed by atoms with Crippen LogP contribution in [0.15, 0.2) is 0 Å². The van der Waals surface area contributed by atoms with Crippen LogP contribution in [-0.4, -0.2) is 53.4 Å². The maximum atomic E-state index is 13.2. The van der Waals surface area contributed by atoms with Crippen LogP contribution in [-0.2, 0) is 9.53 Å². The van der Waals surface area contributed by atoms with Gasteiger partial charge in [-0.05, 0) is 19.3 Å². The molecule has 3 N–H and O–H groups in total. The third kappa shape index (κ3) is 1.97. The van der Waals surface area contributed by atoms with E-state index in [1.807, 2.05) is 18.7 Å². The maximum absolute atomic E-state index is 13.2. The van der Waals surface area contributed by atoms with E-state index in [2.05, 4.69) is 0 Å². The van der Waals surface area contributed by atoms with Gasteiger partial charge in [0.25, 0.3) is 0 Å². The SMILES string of the molecule is CC1(C)C2OCCC2C1(N)C(=O)N1CCCCCC1CO. The van der Waals surface area contributed by atoms with Gasteiger partial charge >= 0.3 is 0 Å². The van der Waals surface area contributed by atoms with E-state index < -0.39 is 5.54 Å². The minimum atomic E-state index is -0.841. The maximum Gasteiger partial charge on any atom is 0.244 e. The summed E-state index contributed by atoms with van der Waals surface area (Å²) in [7, 11) is 0. The van der Waals surface area contributed by atoms with Crippen molar-refractivity contribution in [1.82, 2.24) is 4.90 Å². The molecule has 2 saturated heterocycles. The molecule has 0 aromatic heterocycles. The molecule has 4 unspecified atom stereocenters. The van der Waals surface area contributed by atoms with E-state index >= 15 is 0 Å². The second kappa shape index (κ2) is 5.21. The number of nitrogens with two attached hydrogens (primary N) is 1. The highest BCUT2D eigenvalue weighted by atomic mass is 16.5. The lowest BCUT2D eigenvalue weighted by atomic mass is 9.47. The summed E-state index contributed by atoms with van der Waals surface area (Å²) >= 11 is 0. The van der Waals surface area contributed by atoms with Gasteiger partial charge in [0.1, 0.15) is 5.54 Å². The molecule has 5 heteroatoms. The zero-order valence-corrected chi connectivity index (χ0v) is 13.2. The number of carbonyl (C=O) groups excluding carboxylic acids is 1. The Balaban J connectivity index is 1.86. The van der Waals surface area contributed by atoms with E-state index in [9.17, 15) is 9.90 Å². The first-order chi connectivity index (χ1) is 9.94. The molecule has 3 rings (SSSR count). The molecule has 0 bridgehead atoms. The first kappa shape index (κ1) is 15.3. The Kier molecular flexibility index (Phi) is 3.79. The number of aliphatic hydroxyl groups excluding tert-OH is 1. The van der Waals surface area contributed by atoms with E-state index in [1.165, 1.54) is 0 Å². The minimum absolute atomic E-state index is 0.0280. The number of hydrogen-bond donors (Lipinski definition) is 2. The average molecular weight is 296 g/mol. The topological polar surface area (TPSA) is 75.8 Å². The number of ether oxygens (including phenoxy) is 1. The summed E-state index contributed by atoms with van der Waals surface area (Å²) in [5.74, 6) is 0.155. The van der Waals surface area contributed by atoms with Crippen molar-refractivity contribution >= 4 is 5.91 Å². The number of aliphatic hydroxyl groups is 1. The Hall–Kier alpha value is -0.650. The van der Waals surface area contributed by atoms with E-state index in [-0.39, 0.29) is 36.0 Å². The number of nitrogens with zero attached hydrogens (tertiary/aromatic N) is 1. The molecule has 2 aliphatic heterocycles. The zero-order valence-electron chi connectivity index (χ0n) is 13.2. The fraction of sp³-hybridized carbons (Fsp3) is 0.938. The van der Waals surface area contributed by atoms with Gasteiger partial charge in [0.2, 0.25) is 5.91 Å². The van der Waals surface area contributed by atoms with E-state index in [1.54, 1.807) is 0 Å². The van der Waals surface area contributed by atoms with Crippen LogP contribution < -0.4 is 5.73 Å². The van der Waals surface area contributed by atoms with Crippen molar-refractivity contribution in [1.29, 1.82) is 0 Å². The highest BCUT2D eigenvalue weighted by molar-refractivity contribution is 5.90. The van der Waals surface area contributed by atoms with Crippen LogP contribution in [0.1, 0.15) is 46.0 Å². The molecule has 1 saturated carbocycles. The minimum Gasteiger partial charge on any atom is -0.394 e. The summed E-state index contributed by atoms with van der Waals surface area (Å²) in [5.41, 5.74) is 5.48. The highest BCUT2D eigenvalue weighted by Crippen LogP contribution is 2.58. The molecular weight excluding hydrogens is 268 g/mol. The fourth-order valence-corrected chi connectivity index (χ4v) is 4.69. The lowest BCUT2D eigenvalue weighted by molar-refractivity contribution is -0.186. The van der Waals surface area contributed by atoms with Gasteiger partial charge in [-0.15, -0.1) is 0 Å². The van der Waals surface area contributed by atoms with Gasteiger partial charge < -0.3 is 20.5 Å². The molecule has 3 aliphatic rings. The van der Waals surface area contributed by atoms with Crippen molar-refractivity contribution in [2.24, 2.45) is 17.1 Å². The Morgan fingerprint density at radius 3 is 2.81 bits per heavy atom. The Morgan fingerprint density at radius 1 is 1.33 bits per heavy atom. The van der Waals surface area contributed by atoms with Gasteiger partial charge in [-0.25, -0.2) is 0 Å². The largest absolute Gasteiger partial charge is 0.394 e. The van der Waals surface area contributed by atoms with E-state index in [0.717, 1.165) is 38.6 Å². The standard InChI is InChI=1S/C16H28N2O3/c1-15(2)13-12(7-9-21-13)16(15,17)14(20)18-8-5-3-4-6-11(18)10-19/h11-13,19H,3-10,17H2,1-2H3. The molecule has 0 aromatic carbocycles. The van der Waals surface area contributed by atoms with Crippen molar-refractivity contribution < 1.29 is 14.6 Å². The molecule has 21 heavy (non-hydrogen) atoms. The Morgan fingerprint density at radius 2 is 2.10 bits per heavy atom. The quantitative estimate of drug-likeness (QED) is 0.793. The van der Waals surface area contributed by atoms with Crippen molar-refractivity contribution in [3.05, 3.63) is 0 Å². The predicted octanol–water partition coefficient (Wildman–Crippen LogP) is 0.892. The smallest absolute Gasteiger partial charge is 0.244 e. The number of fused-ring (bicyclic) bond motifs is 1. The number of carbonyl (C=O) groups is 1. The number of rotatable bonds is 2. The molecule has 1 amide bonds. The molecule has 2 heterocycles. The van der Waals surface area contributed by atoms with Gasteiger partial charge in [-0.1, -0.05) is 26.7 Å². The first-order valence-corrected chi connectivity index (χ1v) is 8.27. The summed E-state index contributed by atoms with van der Waals surface area (Å²) in [6.45, 7) is 5.55. The molecule has 3 fully saturated rings. The van der Waals surface area contributed by atoms with E-state index in [4.69, 9.17) is 10.5 Å². The average Bonchev–Trinajstić information content (AvgIpc) is 2.82. The Labute approximate surface area is 126 Å². The van der Waals surface area contributed by atoms with Crippen molar-refractivity contribution in [3.63, 3.8) is 0 Å². The molecular formula is C16H28N2O3. The molecule has 1 aliphatic carbocycles. The lowest BCUT2D eigenvalue weighted by Gasteiger charge is -2.62. The van der Waals surface area contributed by atoms with Crippen LogP contribution in [0.4, 0.5) is 0 Å². The summed E-state index contributed by atoms with van der Waals surface area (Å²) in [4.78, 5) is 15.1. The van der Waals surface area contributed by atoms with Crippen LogP contribution in [0.5, 0.6) is 0 Å². The lowest BCUT2D eigenvalue weighted by Crippen LogP contribution is -2.80. The molecule has 120 valence electrons. The summed E-state index contributed by atoms with van der Waals surface area (Å²) in [6, 6.07) is -0.0717. The predicted molar refractivity (Wildman–Crippen MR) is 79.6 cm³/mol. The zero-order chi connectivity index (χ0) is 15.3. The monoisotopic (exact) mass is 296 g/mol. The van der Waals surface area contributed by atoms with Gasteiger partial charge in [-0.2, -0.15) is 0 Å². The van der Waals surface area contributed by atoms with Crippen LogP contribution >= 0.6 is 0 Å².